The van der Waals surface area contributed by atoms with Crippen LogP contribution in [0.3, 0.4) is 0 Å². The second kappa shape index (κ2) is 10.4. The summed E-state index contributed by atoms with van der Waals surface area (Å²) < 4.78 is 11.1. The molecule has 4 rings (SSSR count). The first kappa shape index (κ1) is 23.4. The van der Waals surface area contributed by atoms with Crippen molar-refractivity contribution >= 4 is 36.1 Å². The number of amides is 3. The third kappa shape index (κ3) is 4.62. The second-order valence-corrected chi connectivity index (χ2v) is 8.66. The lowest BCUT2D eigenvalue weighted by molar-refractivity contribution is -0.154. The first-order valence-electron chi connectivity index (χ1n) is 10.6. The molecule has 0 aliphatic carbocycles. The van der Waals surface area contributed by atoms with Crippen LogP contribution in [-0.4, -0.2) is 60.1 Å². The summed E-state index contributed by atoms with van der Waals surface area (Å²) >= 11 is 1.37. The number of β-lactam (4-membered cyclic amide) rings is 1. The lowest BCUT2D eigenvalue weighted by atomic mass is 10.0. The molecule has 0 aromatic heterocycles. The summed E-state index contributed by atoms with van der Waals surface area (Å²) in [6, 6.07) is 17.8. The van der Waals surface area contributed by atoms with E-state index in [9.17, 15) is 19.2 Å². The van der Waals surface area contributed by atoms with Gasteiger partial charge >= 0.3 is 12.1 Å². The number of ether oxygens (including phenoxy) is 2. The van der Waals surface area contributed by atoms with E-state index >= 15 is 0 Å². The molecule has 2 atom stereocenters. The molecule has 2 heterocycles. The van der Waals surface area contributed by atoms with Crippen molar-refractivity contribution in [1.29, 1.82) is 0 Å². The number of rotatable bonds is 8. The van der Waals surface area contributed by atoms with Crippen molar-refractivity contribution < 1.29 is 28.7 Å². The van der Waals surface area contributed by atoms with E-state index in [0.717, 1.165) is 11.1 Å². The Bertz CT molecular complexity index is 1070. The zero-order valence-electron chi connectivity index (χ0n) is 18.3. The van der Waals surface area contributed by atoms with E-state index < -0.39 is 35.5 Å². The lowest BCUT2D eigenvalue weighted by Crippen LogP contribution is -2.69. The van der Waals surface area contributed by atoms with Crippen LogP contribution in [0, 0.1) is 0 Å². The maximum absolute atomic E-state index is 13.6. The maximum atomic E-state index is 13.6. The van der Waals surface area contributed by atoms with Gasteiger partial charge in [-0.1, -0.05) is 60.7 Å². The largest absolute Gasteiger partial charge is 0.448 e. The zero-order chi connectivity index (χ0) is 24.1. The highest BCUT2D eigenvalue weighted by Crippen LogP contribution is 2.41. The molecule has 0 saturated carbocycles. The van der Waals surface area contributed by atoms with Crippen molar-refractivity contribution in [3.63, 3.8) is 0 Å². The molecule has 2 aliphatic rings. The third-order valence-corrected chi connectivity index (χ3v) is 6.84. The van der Waals surface area contributed by atoms with Gasteiger partial charge in [0, 0.05) is 18.4 Å². The summed E-state index contributed by atoms with van der Waals surface area (Å²) in [5, 5.41) is 4.40. The van der Waals surface area contributed by atoms with Gasteiger partial charge in [0.1, 0.15) is 23.7 Å². The van der Waals surface area contributed by atoms with E-state index in [1.165, 1.54) is 23.7 Å². The number of esters is 1. The van der Waals surface area contributed by atoms with Crippen LogP contribution in [0.5, 0.6) is 0 Å². The van der Waals surface area contributed by atoms with Gasteiger partial charge in [-0.15, -0.1) is 11.8 Å². The fraction of sp³-hybridized carbons (Fsp3) is 0.250. The molecule has 34 heavy (non-hydrogen) atoms. The van der Waals surface area contributed by atoms with E-state index in [1.54, 1.807) is 0 Å². The minimum absolute atomic E-state index is 0.0402. The Kier molecular flexibility index (Phi) is 7.17. The predicted molar refractivity (Wildman–Crippen MR) is 124 cm³/mol. The Morgan fingerprint density at radius 1 is 1.12 bits per heavy atom. The van der Waals surface area contributed by atoms with Gasteiger partial charge in [0.2, 0.25) is 6.41 Å². The lowest BCUT2D eigenvalue weighted by Gasteiger charge is -2.49. The predicted octanol–water partition coefficient (Wildman–Crippen LogP) is 1.96. The van der Waals surface area contributed by atoms with Crippen LogP contribution in [0.1, 0.15) is 17.2 Å². The zero-order valence-corrected chi connectivity index (χ0v) is 19.1. The number of alkyl carbamates (subject to hydrolysis) is 1. The first-order chi connectivity index (χ1) is 16.5. The topological polar surface area (TPSA) is 114 Å². The Balaban J connectivity index is 1.67. The first-order valence-corrected chi connectivity index (χ1v) is 11.6. The molecule has 3 amide bonds. The number of nitrogens with one attached hydrogen (secondary N) is 2. The highest BCUT2D eigenvalue weighted by Gasteiger charge is 2.54. The molecule has 176 valence electrons. The summed E-state index contributed by atoms with van der Waals surface area (Å²) in [6.07, 6.45) is -0.904. The smallest absolute Gasteiger partial charge is 0.407 e. The molecule has 2 aromatic rings. The summed E-state index contributed by atoms with van der Waals surface area (Å²) in [4.78, 5) is 50.2. The molecule has 2 aliphatic heterocycles. The van der Waals surface area contributed by atoms with Crippen LogP contribution in [0.4, 0.5) is 4.79 Å². The minimum atomic E-state index is -0.731. The van der Waals surface area contributed by atoms with E-state index in [1.807, 2.05) is 60.7 Å². The van der Waals surface area contributed by atoms with E-state index in [4.69, 9.17) is 9.47 Å². The van der Waals surface area contributed by atoms with Crippen molar-refractivity contribution in [2.24, 2.45) is 0 Å². The molecular weight excluding hydrogens is 458 g/mol. The molecule has 0 radical (unpaired) electrons. The number of nitrogens with zero attached hydrogens (tertiary/aromatic N) is 1. The summed E-state index contributed by atoms with van der Waals surface area (Å²) in [5.74, 6) is -0.810. The van der Waals surface area contributed by atoms with Crippen LogP contribution in [0.2, 0.25) is 0 Å². The van der Waals surface area contributed by atoms with Gasteiger partial charge in [-0.05, 0) is 11.1 Å². The average molecular weight is 482 g/mol. The van der Waals surface area contributed by atoms with Crippen molar-refractivity contribution in [2.75, 3.05) is 19.4 Å². The number of hydrogen-bond donors (Lipinski definition) is 2. The Morgan fingerprint density at radius 3 is 2.29 bits per heavy atom. The average Bonchev–Trinajstić information content (AvgIpc) is 2.89. The normalized spacial score (nSPS) is 19.1. The van der Waals surface area contributed by atoms with Gasteiger partial charge in [0.25, 0.3) is 5.91 Å². The molecule has 9 nitrogen and oxygen atoms in total. The van der Waals surface area contributed by atoms with Crippen molar-refractivity contribution in [3.05, 3.63) is 83.1 Å². The van der Waals surface area contributed by atoms with Gasteiger partial charge in [-0.3, -0.25) is 14.5 Å². The van der Waals surface area contributed by atoms with E-state index in [0.29, 0.717) is 17.7 Å². The number of benzene rings is 2. The molecule has 10 heteroatoms. The van der Waals surface area contributed by atoms with E-state index in [-0.39, 0.29) is 12.3 Å². The van der Waals surface area contributed by atoms with Crippen LogP contribution < -0.4 is 10.6 Å². The van der Waals surface area contributed by atoms with E-state index in [2.05, 4.69) is 10.6 Å². The highest BCUT2D eigenvalue weighted by atomic mass is 32.2. The van der Waals surface area contributed by atoms with Crippen molar-refractivity contribution in [1.82, 2.24) is 15.5 Å². The molecule has 1 fully saturated rings. The van der Waals surface area contributed by atoms with Gasteiger partial charge in [-0.25, -0.2) is 9.59 Å². The van der Waals surface area contributed by atoms with Crippen LogP contribution in [0.15, 0.2) is 71.9 Å². The maximum Gasteiger partial charge on any atom is 0.407 e. The van der Waals surface area contributed by atoms with Gasteiger partial charge in [0.05, 0.1) is 0 Å². The summed E-state index contributed by atoms with van der Waals surface area (Å²) in [6.45, 7) is -0.180. The summed E-state index contributed by atoms with van der Waals surface area (Å²) in [7, 11) is 1.43. The van der Waals surface area contributed by atoms with Crippen LogP contribution in [-0.2, 0) is 23.9 Å². The van der Waals surface area contributed by atoms with Gasteiger partial charge in [0.15, 0.2) is 6.10 Å². The molecule has 2 N–H and O–H groups in total. The number of hydrogen-bond acceptors (Lipinski definition) is 7. The number of carbonyl (C=O) groups excluding carboxylic acids is 4. The standard InChI is InChI=1S/C24H23N3O6S/c1-25-24(31)32-12-17-13-34-22-18(26-14-28)21(29)27(22)19(17)23(30)33-20(15-8-4-2-5-9-15)16-10-6-3-7-11-16/h2-11,14,18,20,22H,12-13H2,1H3,(H,25,31)(H,26,28)/t18-,22-/m1/s1. The van der Waals surface area contributed by atoms with Crippen molar-refractivity contribution in [3.8, 4) is 0 Å². The van der Waals surface area contributed by atoms with Gasteiger partial charge < -0.3 is 20.1 Å². The quantitative estimate of drug-likeness (QED) is 0.337. The third-order valence-electron chi connectivity index (χ3n) is 5.50. The number of fused-ring (bicyclic) bond motifs is 1. The minimum Gasteiger partial charge on any atom is -0.448 e. The number of thioether (sulfide) groups is 1. The Morgan fingerprint density at radius 2 is 1.74 bits per heavy atom. The molecule has 0 unspecified atom stereocenters. The molecule has 2 aromatic carbocycles. The fourth-order valence-corrected chi connectivity index (χ4v) is 5.19. The summed E-state index contributed by atoms with van der Waals surface area (Å²) in [5.41, 5.74) is 2.03. The number of carbonyl (C=O) groups is 4. The van der Waals surface area contributed by atoms with Crippen molar-refractivity contribution in [2.45, 2.75) is 17.5 Å². The van der Waals surface area contributed by atoms with Gasteiger partial charge in [-0.2, -0.15) is 0 Å². The molecular formula is C24H23N3O6S. The monoisotopic (exact) mass is 481 g/mol. The van der Waals surface area contributed by atoms with Crippen LogP contribution in [0.25, 0.3) is 0 Å². The molecule has 0 spiro atoms. The Labute approximate surface area is 200 Å². The SMILES string of the molecule is CNC(=O)OCC1=C(C(=O)OC(c2ccccc2)c2ccccc2)N2C(=O)[C@@H](NC=O)[C@H]2SC1. The highest BCUT2D eigenvalue weighted by molar-refractivity contribution is 8.00. The Hall–Kier alpha value is -3.79. The molecule has 1 saturated heterocycles. The van der Waals surface area contributed by atoms with Crippen LogP contribution >= 0.6 is 11.8 Å². The fourth-order valence-electron chi connectivity index (χ4n) is 3.85. The molecule has 0 bridgehead atoms. The second-order valence-electron chi connectivity index (χ2n) is 7.56.